The number of hydrogen-bond acceptors (Lipinski definition) is 8. The molecule has 2 aromatic rings. The third-order valence-electron chi connectivity index (χ3n) is 5.43. The van der Waals surface area contributed by atoms with Crippen LogP contribution in [0.25, 0.3) is 0 Å². The van der Waals surface area contributed by atoms with E-state index in [9.17, 15) is 9.59 Å². The van der Waals surface area contributed by atoms with Gasteiger partial charge >= 0.3 is 5.97 Å². The third kappa shape index (κ3) is 6.35. The van der Waals surface area contributed by atoms with Gasteiger partial charge in [-0.2, -0.15) is 5.10 Å². The van der Waals surface area contributed by atoms with Gasteiger partial charge in [-0.25, -0.2) is 19.8 Å². The van der Waals surface area contributed by atoms with Crippen LogP contribution in [-0.4, -0.2) is 65.5 Å². The molecule has 1 N–H and O–H groups in total. The smallest absolute Gasteiger partial charge is 0.341 e. The van der Waals surface area contributed by atoms with Gasteiger partial charge in [0, 0.05) is 51.1 Å². The number of aromatic nitrogens is 2. The maximum absolute atomic E-state index is 13.1. The average molecular weight is 456 g/mol. The SMILES string of the molecule is CC.CO.COC(=O)c1cnc(N2CCC(C(=O)N3N=CCC3c3ccccc3)CC2)nc1. The fourth-order valence-corrected chi connectivity index (χ4v) is 3.80. The van der Waals surface area contributed by atoms with E-state index in [1.54, 1.807) is 5.01 Å². The van der Waals surface area contributed by atoms with Crippen molar-refractivity contribution in [2.45, 2.75) is 39.2 Å². The summed E-state index contributed by atoms with van der Waals surface area (Å²) in [5.41, 5.74) is 1.43. The predicted octanol–water partition coefficient (Wildman–Crippen LogP) is 3.07. The van der Waals surface area contributed by atoms with Crippen molar-refractivity contribution in [1.82, 2.24) is 15.0 Å². The highest BCUT2D eigenvalue weighted by molar-refractivity contribution is 5.88. The van der Waals surface area contributed by atoms with Crippen molar-refractivity contribution in [2.24, 2.45) is 11.0 Å². The Bertz CT molecular complexity index is 897. The Morgan fingerprint density at radius 2 is 1.64 bits per heavy atom. The lowest BCUT2D eigenvalue weighted by Gasteiger charge is -2.33. The molecule has 0 bridgehead atoms. The monoisotopic (exact) mass is 455 g/mol. The molecule has 1 fully saturated rings. The molecule has 33 heavy (non-hydrogen) atoms. The summed E-state index contributed by atoms with van der Waals surface area (Å²) >= 11 is 0. The van der Waals surface area contributed by atoms with Gasteiger partial charge in [0.15, 0.2) is 0 Å². The highest BCUT2D eigenvalue weighted by Gasteiger charge is 2.35. The molecule has 2 aliphatic rings. The Labute approximate surface area is 195 Å². The van der Waals surface area contributed by atoms with Gasteiger partial charge in [0.2, 0.25) is 11.9 Å². The average Bonchev–Trinajstić information content (AvgIpc) is 3.41. The second-order valence-electron chi connectivity index (χ2n) is 7.17. The minimum absolute atomic E-state index is 0.0177. The summed E-state index contributed by atoms with van der Waals surface area (Å²) in [5.74, 6) is 0.112. The van der Waals surface area contributed by atoms with E-state index in [0.717, 1.165) is 19.1 Å². The van der Waals surface area contributed by atoms with Crippen molar-refractivity contribution >= 4 is 24.0 Å². The molecular weight excluding hydrogens is 422 g/mol. The first-order chi connectivity index (χ1) is 16.2. The number of benzene rings is 1. The predicted molar refractivity (Wildman–Crippen MR) is 127 cm³/mol. The molecule has 1 amide bonds. The maximum Gasteiger partial charge on any atom is 0.341 e. The number of rotatable bonds is 4. The molecule has 9 heteroatoms. The fourth-order valence-electron chi connectivity index (χ4n) is 3.80. The molecule has 1 saturated heterocycles. The number of aliphatic hydroxyl groups is 1. The number of amides is 1. The number of carbonyl (C=O) groups is 2. The normalized spacial score (nSPS) is 17.4. The van der Waals surface area contributed by atoms with Crippen LogP contribution in [0.5, 0.6) is 0 Å². The Hall–Kier alpha value is -3.33. The molecule has 1 atom stereocenters. The maximum atomic E-state index is 13.1. The van der Waals surface area contributed by atoms with Crippen LogP contribution >= 0.6 is 0 Å². The van der Waals surface area contributed by atoms with Gasteiger partial charge in [-0.15, -0.1) is 0 Å². The number of hydrazone groups is 1. The summed E-state index contributed by atoms with van der Waals surface area (Å²) in [4.78, 5) is 35.2. The second-order valence-corrected chi connectivity index (χ2v) is 7.17. The lowest BCUT2D eigenvalue weighted by Crippen LogP contribution is -2.41. The van der Waals surface area contributed by atoms with Gasteiger partial charge < -0.3 is 14.7 Å². The van der Waals surface area contributed by atoms with Gasteiger partial charge in [-0.05, 0) is 18.4 Å². The van der Waals surface area contributed by atoms with Crippen LogP contribution in [0.15, 0.2) is 47.8 Å². The number of piperidine rings is 1. The number of nitrogens with zero attached hydrogens (tertiary/aromatic N) is 5. The van der Waals surface area contributed by atoms with Crippen LogP contribution in [0.3, 0.4) is 0 Å². The van der Waals surface area contributed by atoms with Crippen molar-refractivity contribution < 1.29 is 19.4 Å². The van der Waals surface area contributed by atoms with Crippen LogP contribution in [0.4, 0.5) is 5.95 Å². The first kappa shape index (κ1) is 25.9. The van der Waals surface area contributed by atoms with E-state index >= 15 is 0 Å². The zero-order chi connectivity index (χ0) is 24.2. The summed E-state index contributed by atoms with van der Waals surface area (Å²) in [7, 11) is 2.32. The summed E-state index contributed by atoms with van der Waals surface area (Å²) in [6, 6.07) is 10.0. The molecule has 9 nitrogen and oxygen atoms in total. The van der Waals surface area contributed by atoms with Gasteiger partial charge in [-0.1, -0.05) is 44.2 Å². The largest absolute Gasteiger partial charge is 0.465 e. The van der Waals surface area contributed by atoms with Crippen molar-refractivity contribution in [3.8, 4) is 0 Å². The minimum atomic E-state index is -0.458. The number of carbonyl (C=O) groups excluding carboxylic acids is 2. The van der Waals surface area contributed by atoms with Crippen LogP contribution < -0.4 is 4.90 Å². The van der Waals surface area contributed by atoms with E-state index in [-0.39, 0.29) is 17.9 Å². The first-order valence-electron chi connectivity index (χ1n) is 11.2. The molecule has 2 aliphatic heterocycles. The number of anilines is 1. The molecule has 178 valence electrons. The lowest BCUT2D eigenvalue weighted by atomic mass is 9.94. The molecule has 0 aliphatic carbocycles. The zero-order valence-corrected chi connectivity index (χ0v) is 19.7. The van der Waals surface area contributed by atoms with E-state index in [0.29, 0.717) is 37.4 Å². The van der Waals surface area contributed by atoms with E-state index in [4.69, 9.17) is 5.11 Å². The summed E-state index contributed by atoms with van der Waals surface area (Å²) in [6.07, 6.45) is 6.93. The highest BCUT2D eigenvalue weighted by atomic mass is 16.5. The Morgan fingerprint density at radius 3 is 2.21 bits per heavy atom. The van der Waals surface area contributed by atoms with Gasteiger partial charge in [-0.3, -0.25) is 4.79 Å². The summed E-state index contributed by atoms with van der Waals surface area (Å²) in [6.45, 7) is 5.36. The molecule has 0 radical (unpaired) electrons. The number of aliphatic hydroxyl groups excluding tert-OH is 1. The minimum Gasteiger partial charge on any atom is -0.465 e. The van der Waals surface area contributed by atoms with E-state index in [2.05, 4.69) is 19.8 Å². The topological polar surface area (TPSA) is 108 Å². The molecule has 3 heterocycles. The third-order valence-corrected chi connectivity index (χ3v) is 5.43. The summed E-state index contributed by atoms with van der Waals surface area (Å²) < 4.78 is 4.67. The number of esters is 1. The standard InChI is InChI=1S/C21H23N5O3.C2H6.CH4O/c1-29-20(28)17-13-22-21(23-14-17)25-11-8-16(9-12-25)19(27)26-18(7-10-24-26)15-5-3-2-4-6-15;2*1-2/h2-6,10,13-14,16,18H,7-9,11-12H2,1H3;1-2H3;2H,1H3. The molecule has 1 aromatic carbocycles. The molecule has 0 saturated carbocycles. The van der Waals surface area contributed by atoms with Crippen molar-refractivity contribution in [3.63, 3.8) is 0 Å². The van der Waals surface area contributed by atoms with Crippen LogP contribution in [0.2, 0.25) is 0 Å². The molecule has 4 rings (SSSR count). The van der Waals surface area contributed by atoms with E-state index in [1.165, 1.54) is 19.5 Å². The fraction of sp³-hybridized carbons (Fsp3) is 0.458. The second kappa shape index (κ2) is 13.3. The van der Waals surface area contributed by atoms with Crippen LogP contribution in [0.1, 0.15) is 55.1 Å². The summed E-state index contributed by atoms with van der Waals surface area (Å²) in [5, 5.41) is 13.0. The van der Waals surface area contributed by atoms with E-state index in [1.807, 2.05) is 55.3 Å². The van der Waals surface area contributed by atoms with Crippen LogP contribution in [0, 0.1) is 5.92 Å². The van der Waals surface area contributed by atoms with Gasteiger partial charge in [0.05, 0.1) is 18.7 Å². The van der Waals surface area contributed by atoms with Crippen molar-refractivity contribution in [2.75, 3.05) is 32.2 Å². The van der Waals surface area contributed by atoms with Gasteiger partial charge in [0.1, 0.15) is 0 Å². The van der Waals surface area contributed by atoms with Gasteiger partial charge in [0.25, 0.3) is 0 Å². The van der Waals surface area contributed by atoms with Crippen molar-refractivity contribution in [3.05, 3.63) is 53.9 Å². The van der Waals surface area contributed by atoms with Crippen LogP contribution in [-0.2, 0) is 9.53 Å². The number of hydrogen-bond donors (Lipinski definition) is 1. The zero-order valence-electron chi connectivity index (χ0n) is 19.7. The van der Waals surface area contributed by atoms with E-state index < -0.39 is 5.97 Å². The van der Waals surface area contributed by atoms with Crippen molar-refractivity contribution in [1.29, 1.82) is 0 Å². The number of methoxy groups -OCH3 is 1. The molecule has 0 spiro atoms. The Kier molecular flexibility index (Phi) is 10.4. The number of ether oxygens (including phenoxy) is 1. The molecule has 1 aromatic heterocycles. The molecule has 1 unspecified atom stereocenters. The lowest BCUT2D eigenvalue weighted by molar-refractivity contribution is -0.138. The quantitative estimate of drug-likeness (QED) is 0.706. The Balaban J connectivity index is 0.000000914. The highest BCUT2D eigenvalue weighted by Crippen LogP contribution is 2.32. The Morgan fingerprint density at radius 1 is 1.03 bits per heavy atom. The molecular formula is C24H33N5O4. The first-order valence-corrected chi connectivity index (χ1v) is 11.2.